The summed E-state index contributed by atoms with van der Waals surface area (Å²) >= 11 is 1.13. The van der Waals surface area contributed by atoms with Crippen molar-refractivity contribution in [1.82, 2.24) is 0 Å². The van der Waals surface area contributed by atoms with Crippen LogP contribution in [0.25, 0.3) is 0 Å². The number of rotatable bonds is 6. The Hall–Kier alpha value is -1.49. The van der Waals surface area contributed by atoms with E-state index in [1.54, 1.807) is 0 Å². The molecule has 0 amide bonds. The third-order valence-electron chi connectivity index (χ3n) is 2.34. The van der Waals surface area contributed by atoms with Crippen molar-refractivity contribution < 1.29 is 19.8 Å². The molecule has 1 rings (SSSR count). The molecule has 0 saturated heterocycles. The summed E-state index contributed by atoms with van der Waals surface area (Å²) in [6.45, 7) is 1.44. The lowest BCUT2D eigenvalue weighted by Crippen LogP contribution is -2.34. The SMILES string of the molecule is CC(CC(=O)O)(SCc1ccccc1)C(=O)O. The molecule has 17 heavy (non-hydrogen) atoms. The first-order valence-electron chi connectivity index (χ1n) is 5.07. The summed E-state index contributed by atoms with van der Waals surface area (Å²) in [5.74, 6) is -1.71. The molecule has 0 fully saturated rings. The molecule has 0 heterocycles. The maximum absolute atomic E-state index is 11.1. The Bertz CT molecular complexity index is 404. The van der Waals surface area contributed by atoms with Gasteiger partial charge in [-0.3, -0.25) is 9.59 Å². The summed E-state index contributed by atoms with van der Waals surface area (Å²) < 4.78 is -1.29. The molecule has 0 spiro atoms. The van der Waals surface area contributed by atoms with Crippen LogP contribution in [0.1, 0.15) is 18.9 Å². The van der Waals surface area contributed by atoms with E-state index in [1.807, 2.05) is 30.3 Å². The summed E-state index contributed by atoms with van der Waals surface area (Å²) in [5.41, 5.74) is 0.982. The van der Waals surface area contributed by atoms with Gasteiger partial charge in [0.25, 0.3) is 0 Å². The molecule has 0 aliphatic carbocycles. The first-order chi connectivity index (χ1) is 7.94. The number of aliphatic carboxylic acids is 2. The molecule has 0 aromatic heterocycles. The Morgan fingerprint density at radius 2 is 1.82 bits per heavy atom. The van der Waals surface area contributed by atoms with Gasteiger partial charge in [-0.25, -0.2) is 0 Å². The minimum atomic E-state index is -1.29. The van der Waals surface area contributed by atoms with Gasteiger partial charge in [-0.15, -0.1) is 11.8 Å². The van der Waals surface area contributed by atoms with E-state index >= 15 is 0 Å². The summed E-state index contributed by atoms with van der Waals surface area (Å²) in [4.78, 5) is 21.7. The van der Waals surface area contributed by atoms with Crippen LogP contribution < -0.4 is 0 Å². The van der Waals surface area contributed by atoms with Crippen molar-refractivity contribution in [3.05, 3.63) is 35.9 Å². The Balaban J connectivity index is 2.68. The Morgan fingerprint density at radius 1 is 1.24 bits per heavy atom. The smallest absolute Gasteiger partial charge is 0.320 e. The van der Waals surface area contributed by atoms with E-state index < -0.39 is 16.7 Å². The minimum absolute atomic E-state index is 0.389. The lowest BCUT2D eigenvalue weighted by molar-refractivity contribution is -0.145. The number of carboxylic acid groups (broad SMARTS) is 2. The van der Waals surface area contributed by atoms with Gasteiger partial charge in [-0.05, 0) is 12.5 Å². The van der Waals surface area contributed by atoms with Crippen molar-refractivity contribution >= 4 is 23.7 Å². The molecular weight excluding hydrogens is 240 g/mol. The highest BCUT2D eigenvalue weighted by Crippen LogP contribution is 2.32. The lowest BCUT2D eigenvalue weighted by Gasteiger charge is -2.22. The summed E-state index contributed by atoms with van der Waals surface area (Å²) in [7, 11) is 0. The van der Waals surface area contributed by atoms with Crippen LogP contribution in [0, 0.1) is 0 Å². The van der Waals surface area contributed by atoms with Crippen molar-refractivity contribution in [3.8, 4) is 0 Å². The standard InChI is InChI=1S/C12H14O4S/c1-12(11(15)16,7-10(13)14)17-8-9-5-3-2-4-6-9/h2-6H,7-8H2,1H3,(H,13,14)(H,15,16). The molecule has 4 nitrogen and oxygen atoms in total. The number of thioether (sulfide) groups is 1. The predicted molar refractivity (Wildman–Crippen MR) is 66.0 cm³/mol. The van der Waals surface area contributed by atoms with Gasteiger partial charge in [0.05, 0.1) is 6.42 Å². The van der Waals surface area contributed by atoms with Crippen LogP contribution in [0.15, 0.2) is 30.3 Å². The second-order valence-corrected chi connectivity index (χ2v) is 5.36. The number of hydrogen-bond donors (Lipinski definition) is 2. The lowest BCUT2D eigenvalue weighted by atomic mass is 10.1. The minimum Gasteiger partial charge on any atom is -0.481 e. The average molecular weight is 254 g/mol. The van der Waals surface area contributed by atoms with Crippen LogP contribution in [0.5, 0.6) is 0 Å². The fourth-order valence-electron chi connectivity index (χ4n) is 1.29. The molecular formula is C12H14O4S. The van der Waals surface area contributed by atoms with E-state index in [2.05, 4.69) is 0 Å². The molecule has 0 saturated carbocycles. The molecule has 0 bridgehead atoms. The molecule has 1 aromatic rings. The van der Waals surface area contributed by atoms with Crippen molar-refractivity contribution in [2.45, 2.75) is 23.8 Å². The Kier molecular flexibility index (Phi) is 4.57. The molecule has 0 aliphatic rings. The normalized spacial score (nSPS) is 13.9. The van der Waals surface area contributed by atoms with Gasteiger partial charge in [0.2, 0.25) is 0 Å². The second kappa shape index (κ2) is 5.72. The molecule has 0 radical (unpaired) electrons. The molecule has 1 unspecified atom stereocenters. The van der Waals surface area contributed by atoms with Crippen LogP contribution in [0.2, 0.25) is 0 Å². The highest BCUT2D eigenvalue weighted by molar-refractivity contribution is 8.00. The van der Waals surface area contributed by atoms with Crippen LogP contribution in [0.3, 0.4) is 0 Å². The third-order valence-corrected chi connectivity index (χ3v) is 3.77. The fourth-order valence-corrected chi connectivity index (χ4v) is 2.32. The van der Waals surface area contributed by atoms with Crippen molar-refractivity contribution in [2.24, 2.45) is 0 Å². The van der Waals surface area contributed by atoms with Crippen LogP contribution in [-0.4, -0.2) is 26.9 Å². The number of carbonyl (C=O) groups is 2. The zero-order valence-corrected chi connectivity index (χ0v) is 10.2. The summed E-state index contributed by atoms with van der Waals surface area (Å²) in [6.07, 6.45) is -0.389. The largest absolute Gasteiger partial charge is 0.481 e. The van der Waals surface area contributed by atoms with Crippen molar-refractivity contribution in [2.75, 3.05) is 0 Å². The molecule has 1 aromatic carbocycles. The molecule has 2 N–H and O–H groups in total. The first kappa shape index (κ1) is 13.6. The Morgan fingerprint density at radius 3 is 2.29 bits per heavy atom. The van der Waals surface area contributed by atoms with Crippen LogP contribution in [-0.2, 0) is 15.3 Å². The second-order valence-electron chi connectivity index (χ2n) is 3.88. The molecule has 1 atom stereocenters. The zero-order chi connectivity index (χ0) is 12.9. The van der Waals surface area contributed by atoms with E-state index in [0.717, 1.165) is 17.3 Å². The number of hydrogen-bond acceptors (Lipinski definition) is 3. The maximum Gasteiger partial charge on any atom is 0.320 e. The predicted octanol–water partition coefficient (Wildman–Crippen LogP) is 2.24. The van der Waals surface area contributed by atoms with Gasteiger partial charge in [-0.1, -0.05) is 30.3 Å². The van der Waals surface area contributed by atoms with Gasteiger partial charge >= 0.3 is 11.9 Å². The van der Waals surface area contributed by atoms with Gasteiger partial charge in [-0.2, -0.15) is 0 Å². The maximum atomic E-state index is 11.1. The average Bonchev–Trinajstić information content (AvgIpc) is 2.27. The van der Waals surface area contributed by atoms with E-state index in [0.29, 0.717) is 5.75 Å². The zero-order valence-electron chi connectivity index (χ0n) is 9.42. The summed E-state index contributed by atoms with van der Waals surface area (Å²) in [5, 5.41) is 17.8. The van der Waals surface area contributed by atoms with Gasteiger partial charge in [0.15, 0.2) is 0 Å². The van der Waals surface area contributed by atoms with Crippen LogP contribution >= 0.6 is 11.8 Å². The first-order valence-corrected chi connectivity index (χ1v) is 6.06. The highest BCUT2D eigenvalue weighted by atomic mass is 32.2. The van der Waals surface area contributed by atoms with Gasteiger partial charge < -0.3 is 10.2 Å². The van der Waals surface area contributed by atoms with E-state index in [-0.39, 0.29) is 6.42 Å². The van der Waals surface area contributed by atoms with Crippen LogP contribution in [0.4, 0.5) is 0 Å². The quantitative estimate of drug-likeness (QED) is 0.814. The molecule has 92 valence electrons. The Labute approximate surface area is 104 Å². The summed E-state index contributed by atoms with van der Waals surface area (Å²) in [6, 6.07) is 9.38. The molecule has 5 heteroatoms. The van der Waals surface area contributed by atoms with E-state index in [9.17, 15) is 9.59 Å². The van der Waals surface area contributed by atoms with E-state index in [4.69, 9.17) is 10.2 Å². The topological polar surface area (TPSA) is 74.6 Å². The highest BCUT2D eigenvalue weighted by Gasteiger charge is 2.36. The third kappa shape index (κ3) is 4.11. The number of carboxylic acids is 2. The molecule has 0 aliphatic heterocycles. The van der Waals surface area contributed by atoms with Gasteiger partial charge in [0, 0.05) is 5.75 Å². The number of benzene rings is 1. The fraction of sp³-hybridized carbons (Fsp3) is 0.333. The van der Waals surface area contributed by atoms with E-state index in [1.165, 1.54) is 6.92 Å². The van der Waals surface area contributed by atoms with Crippen molar-refractivity contribution in [3.63, 3.8) is 0 Å². The van der Waals surface area contributed by atoms with Gasteiger partial charge in [0.1, 0.15) is 4.75 Å². The monoisotopic (exact) mass is 254 g/mol. The van der Waals surface area contributed by atoms with Crippen molar-refractivity contribution in [1.29, 1.82) is 0 Å².